The third-order valence-electron chi connectivity index (χ3n) is 4.81. The van der Waals surface area contributed by atoms with Crippen molar-refractivity contribution in [3.8, 4) is 11.3 Å². The van der Waals surface area contributed by atoms with Crippen LogP contribution in [0.3, 0.4) is 0 Å². The molecule has 0 spiro atoms. The fraction of sp³-hybridized carbons (Fsp3) is 0.174. The Morgan fingerprint density at radius 1 is 1.26 bits per heavy atom. The van der Waals surface area contributed by atoms with Crippen LogP contribution in [-0.2, 0) is 30.9 Å². The first-order valence-corrected chi connectivity index (χ1v) is 11.5. The number of carbonyl (C=O) groups is 2. The number of halogens is 1. The van der Waals surface area contributed by atoms with E-state index in [0.717, 1.165) is 10.0 Å². The van der Waals surface area contributed by atoms with E-state index in [1.165, 1.54) is 55.8 Å². The molecule has 0 amide bonds. The van der Waals surface area contributed by atoms with Gasteiger partial charge < -0.3 is 15.2 Å². The van der Waals surface area contributed by atoms with Gasteiger partial charge in [-0.1, -0.05) is 12.1 Å². The monoisotopic (exact) mass is 487 g/mol. The predicted octanol–water partition coefficient (Wildman–Crippen LogP) is 2.89. The molecule has 1 unspecified atom stereocenters. The summed E-state index contributed by atoms with van der Waals surface area (Å²) in [5, 5.41) is 11.6. The van der Waals surface area contributed by atoms with Gasteiger partial charge in [-0.25, -0.2) is 26.4 Å². The minimum absolute atomic E-state index is 0.00346. The van der Waals surface area contributed by atoms with Crippen molar-refractivity contribution in [1.82, 2.24) is 14.3 Å². The van der Waals surface area contributed by atoms with Gasteiger partial charge in [-0.3, -0.25) is 4.98 Å². The molecular formula is C23H22FN3O6S. The van der Waals surface area contributed by atoms with E-state index in [2.05, 4.69) is 10.3 Å². The lowest BCUT2D eigenvalue weighted by Crippen LogP contribution is -2.14. The molecule has 34 heavy (non-hydrogen) atoms. The number of carboxylic acid groups (broad SMARTS) is 1. The van der Waals surface area contributed by atoms with E-state index in [0.29, 0.717) is 18.2 Å². The zero-order valence-electron chi connectivity index (χ0n) is 18.3. The lowest BCUT2D eigenvalue weighted by molar-refractivity contribution is -0.143. The number of pyridine rings is 1. The molecule has 0 aliphatic rings. The Morgan fingerprint density at radius 3 is 2.68 bits per heavy atom. The van der Waals surface area contributed by atoms with Gasteiger partial charge in [0, 0.05) is 48.4 Å². The second-order valence-electron chi connectivity index (χ2n) is 7.21. The van der Waals surface area contributed by atoms with Crippen molar-refractivity contribution in [2.75, 3.05) is 7.05 Å². The number of ether oxygens (including phenoxy) is 1. The van der Waals surface area contributed by atoms with Crippen LogP contribution in [0, 0.1) is 5.82 Å². The Morgan fingerprint density at radius 2 is 2.03 bits per heavy atom. The highest BCUT2D eigenvalue weighted by molar-refractivity contribution is 7.90. The third-order valence-corrected chi connectivity index (χ3v) is 6.47. The predicted molar refractivity (Wildman–Crippen MR) is 121 cm³/mol. The molecule has 0 fully saturated rings. The van der Waals surface area contributed by atoms with E-state index in [1.807, 2.05) is 0 Å². The maximum Gasteiger partial charge on any atom is 0.331 e. The number of nitrogens with one attached hydrogen (secondary N) is 1. The van der Waals surface area contributed by atoms with Crippen LogP contribution in [0.5, 0.6) is 0 Å². The minimum Gasteiger partial charge on any atom is -0.478 e. The number of aliphatic carboxylic acids is 1. The molecule has 0 aliphatic carbocycles. The number of hydrogen-bond donors (Lipinski definition) is 2. The summed E-state index contributed by atoms with van der Waals surface area (Å²) in [6.07, 6.45) is 4.31. The first-order chi connectivity index (χ1) is 16.1. The number of rotatable bonds is 9. The average molecular weight is 488 g/mol. The van der Waals surface area contributed by atoms with Crippen LogP contribution in [0.25, 0.3) is 11.3 Å². The summed E-state index contributed by atoms with van der Waals surface area (Å²) in [5.41, 5.74) is 0.665. The lowest BCUT2D eigenvalue weighted by atomic mass is 10.0. The highest BCUT2D eigenvalue weighted by atomic mass is 32.2. The molecule has 0 bridgehead atoms. The van der Waals surface area contributed by atoms with E-state index in [9.17, 15) is 18.0 Å². The summed E-state index contributed by atoms with van der Waals surface area (Å²) >= 11 is 0. The molecule has 2 aromatic heterocycles. The topological polar surface area (TPSA) is 128 Å². The van der Waals surface area contributed by atoms with Crippen molar-refractivity contribution in [2.24, 2.45) is 0 Å². The van der Waals surface area contributed by atoms with E-state index < -0.39 is 33.9 Å². The van der Waals surface area contributed by atoms with Crippen LogP contribution in [0.2, 0.25) is 0 Å². The number of benzene rings is 1. The molecule has 178 valence electrons. The molecule has 0 saturated heterocycles. The largest absolute Gasteiger partial charge is 0.478 e. The quantitative estimate of drug-likeness (QED) is 0.348. The molecule has 0 aliphatic heterocycles. The Balaban J connectivity index is 2.07. The summed E-state index contributed by atoms with van der Waals surface area (Å²) in [4.78, 5) is 26.2. The van der Waals surface area contributed by atoms with Gasteiger partial charge in [0.15, 0.2) is 0 Å². The van der Waals surface area contributed by atoms with Gasteiger partial charge >= 0.3 is 11.9 Å². The summed E-state index contributed by atoms with van der Waals surface area (Å²) in [6.45, 7) is 1.76. The molecule has 9 nitrogen and oxygen atoms in total. The molecule has 3 rings (SSSR count). The first-order valence-electron chi connectivity index (χ1n) is 10.1. The van der Waals surface area contributed by atoms with E-state index in [-0.39, 0.29) is 21.7 Å². The molecule has 0 saturated carbocycles. The van der Waals surface area contributed by atoms with Crippen LogP contribution < -0.4 is 5.32 Å². The van der Waals surface area contributed by atoms with Crippen molar-refractivity contribution >= 4 is 22.0 Å². The smallest absolute Gasteiger partial charge is 0.331 e. The van der Waals surface area contributed by atoms with Crippen LogP contribution in [0.15, 0.2) is 72.0 Å². The number of esters is 1. The number of carbonyl (C=O) groups excluding carboxylic acids is 1. The molecule has 0 radical (unpaired) electrons. The maximum atomic E-state index is 15.6. The van der Waals surface area contributed by atoms with E-state index in [1.54, 1.807) is 13.1 Å². The summed E-state index contributed by atoms with van der Waals surface area (Å²) in [7, 11) is -2.39. The Hall–Kier alpha value is -3.83. The van der Waals surface area contributed by atoms with Gasteiger partial charge in [0.05, 0.1) is 5.69 Å². The molecule has 1 atom stereocenters. The van der Waals surface area contributed by atoms with Gasteiger partial charge in [-0.15, -0.1) is 0 Å². The Kier molecular flexibility index (Phi) is 7.59. The van der Waals surface area contributed by atoms with Gasteiger partial charge in [0.25, 0.3) is 10.0 Å². The Labute approximate surface area is 195 Å². The van der Waals surface area contributed by atoms with Crippen LogP contribution in [0.1, 0.15) is 24.2 Å². The second-order valence-corrected chi connectivity index (χ2v) is 9.03. The normalized spacial score (nSPS) is 12.6. The molecule has 3 aromatic rings. The van der Waals surface area contributed by atoms with Gasteiger partial charge in [-0.05, 0) is 43.8 Å². The van der Waals surface area contributed by atoms with Crippen LogP contribution in [0.4, 0.5) is 4.39 Å². The standard InChI is InChI=1S/C23H22FN3O6S/c1-15(33-22(30)9-8-21(28)29)18-6-3-7-19(23(18)24)20-11-16(12-25-2)14-27(20)34(31,32)17-5-4-10-26-13-17/h3-11,13-15,25H,12H2,1-2H3,(H,28,29)/b9-8+. The minimum atomic E-state index is -4.09. The van der Waals surface area contributed by atoms with Crippen LogP contribution >= 0.6 is 0 Å². The molecule has 1 aromatic carbocycles. The zero-order chi connectivity index (χ0) is 24.9. The maximum absolute atomic E-state index is 15.6. The van der Waals surface area contributed by atoms with Crippen molar-refractivity contribution in [3.05, 3.63) is 84.1 Å². The van der Waals surface area contributed by atoms with Gasteiger partial charge in [0.2, 0.25) is 0 Å². The van der Waals surface area contributed by atoms with Crippen molar-refractivity contribution in [3.63, 3.8) is 0 Å². The number of aromatic nitrogens is 2. The average Bonchev–Trinajstić information content (AvgIpc) is 3.23. The number of hydrogen-bond acceptors (Lipinski definition) is 7. The zero-order valence-corrected chi connectivity index (χ0v) is 19.1. The van der Waals surface area contributed by atoms with Crippen molar-refractivity contribution < 1.29 is 32.2 Å². The highest BCUT2D eigenvalue weighted by Gasteiger charge is 2.25. The van der Waals surface area contributed by atoms with Crippen molar-refractivity contribution in [2.45, 2.75) is 24.5 Å². The van der Waals surface area contributed by atoms with Gasteiger partial charge in [-0.2, -0.15) is 0 Å². The number of carboxylic acids is 1. The Bertz CT molecular complexity index is 1340. The summed E-state index contributed by atoms with van der Waals surface area (Å²) in [5.74, 6) is -3.06. The van der Waals surface area contributed by atoms with E-state index in [4.69, 9.17) is 9.84 Å². The summed E-state index contributed by atoms with van der Waals surface area (Å²) < 4.78 is 48.3. The van der Waals surface area contributed by atoms with Crippen LogP contribution in [-0.4, -0.2) is 41.5 Å². The molecular weight excluding hydrogens is 465 g/mol. The lowest BCUT2D eigenvalue weighted by Gasteiger charge is -2.16. The second kappa shape index (κ2) is 10.4. The summed E-state index contributed by atoms with van der Waals surface area (Å²) in [6, 6.07) is 8.76. The first kappa shape index (κ1) is 24.8. The molecule has 2 heterocycles. The SMILES string of the molecule is CNCc1cc(-c2cccc(C(C)OC(=O)/C=C/C(=O)O)c2F)n(S(=O)(=O)c2cccnc2)c1. The third kappa shape index (κ3) is 5.38. The highest BCUT2D eigenvalue weighted by Crippen LogP contribution is 2.32. The molecule has 11 heteroatoms. The number of nitrogens with zero attached hydrogens (tertiary/aromatic N) is 2. The van der Waals surface area contributed by atoms with Crippen molar-refractivity contribution in [1.29, 1.82) is 0 Å². The van der Waals surface area contributed by atoms with E-state index >= 15 is 4.39 Å². The van der Waals surface area contributed by atoms with Gasteiger partial charge in [0.1, 0.15) is 16.8 Å². The molecule has 2 N–H and O–H groups in total. The fourth-order valence-corrected chi connectivity index (χ4v) is 4.64. The fourth-order valence-electron chi connectivity index (χ4n) is 3.28.